The zero-order valence-electron chi connectivity index (χ0n) is 21.4. The second kappa shape index (κ2) is 10.4. The van der Waals surface area contributed by atoms with Gasteiger partial charge >= 0.3 is 0 Å². The maximum Gasteiger partial charge on any atom is 0.209 e. The number of halogens is 1. The molecule has 9 nitrogen and oxygen atoms in total. The number of amides is 1. The summed E-state index contributed by atoms with van der Waals surface area (Å²) in [6.07, 6.45) is 10.2. The summed E-state index contributed by atoms with van der Waals surface area (Å²) in [6.45, 7) is 6.21. The van der Waals surface area contributed by atoms with Gasteiger partial charge in [0.15, 0.2) is 16.0 Å². The van der Waals surface area contributed by atoms with Crippen molar-refractivity contribution in [3.63, 3.8) is 0 Å². The molecule has 0 radical (unpaired) electrons. The zero-order chi connectivity index (χ0) is 26.3. The third-order valence-electron chi connectivity index (χ3n) is 7.93. The van der Waals surface area contributed by atoms with E-state index >= 15 is 0 Å². The number of piperidine rings is 1. The molecule has 1 amide bonds. The van der Waals surface area contributed by atoms with E-state index in [0.29, 0.717) is 16.0 Å². The van der Waals surface area contributed by atoms with Crippen molar-refractivity contribution in [3.8, 4) is 16.9 Å². The number of pyridine rings is 1. The monoisotopic (exact) mass is 570 g/mol. The van der Waals surface area contributed by atoms with E-state index in [1.54, 1.807) is 11.9 Å². The van der Waals surface area contributed by atoms with Gasteiger partial charge in [0, 0.05) is 29.7 Å². The molecule has 2 N–H and O–H groups in total. The standard InChI is InChI=1S/C23H24ClN7OS2.C3H7N/c1-22(4-5-22)29-34-15-10-16(14-2-8-30(13-32)9-3-14)17-18(24)26-19(31(17)11-15)20-27-28-21(33-20)23(12-25)6-7-23;1-2-4-3-1/h10-11,13-14,29H,2-9H2,1H3;4H,1-3H2. The molecule has 0 atom stereocenters. The fraction of sp³-hybridized carbons (Fsp3) is 0.577. The molecule has 0 spiro atoms. The van der Waals surface area contributed by atoms with E-state index < -0.39 is 5.41 Å². The first-order chi connectivity index (χ1) is 18.4. The molecule has 4 fully saturated rings. The number of nitriles is 1. The number of aromatic nitrogens is 4. The molecule has 4 aliphatic rings. The third kappa shape index (κ3) is 5.17. The lowest BCUT2D eigenvalue weighted by Gasteiger charge is -2.30. The molecule has 200 valence electrons. The largest absolute Gasteiger partial charge is 0.345 e. The zero-order valence-corrected chi connectivity index (χ0v) is 23.8. The van der Waals surface area contributed by atoms with Crippen molar-refractivity contribution in [2.24, 2.45) is 0 Å². The number of fused-ring (bicyclic) bond motifs is 1. The lowest BCUT2D eigenvalue weighted by Crippen LogP contribution is -2.31. The Morgan fingerprint density at radius 1 is 1.26 bits per heavy atom. The molecular formula is C26H31ClN8OS2. The molecule has 5 heterocycles. The van der Waals surface area contributed by atoms with Crippen LogP contribution in [-0.2, 0) is 10.2 Å². The predicted octanol–water partition coefficient (Wildman–Crippen LogP) is 4.53. The van der Waals surface area contributed by atoms with Gasteiger partial charge in [-0.05, 0) is 94.5 Å². The lowest BCUT2D eigenvalue weighted by molar-refractivity contribution is -0.119. The summed E-state index contributed by atoms with van der Waals surface area (Å²) >= 11 is 9.81. The summed E-state index contributed by atoms with van der Waals surface area (Å²) in [5.41, 5.74) is 1.76. The molecule has 38 heavy (non-hydrogen) atoms. The fourth-order valence-electron chi connectivity index (χ4n) is 4.66. The van der Waals surface area contributed by atoms with Gasteiger partial charge in [0.2, 0.25) is 6.41 Å². The van der Waals surface area contributed by atoms with Crippen LogP contribution in [-0.4, -0.2) is 62.6 Å². The second-order valence-corrected chi connectivity index (χ2v) is 13.2. The minimum absolute atomic E-state index is 0.189. The van der Waals surface area contributed by atoms with E-state index in [9.17, 15) is 10.1 Å². The molecule has 3 aromatic rings. The first-order valence-corrected chi connectivity index (χ1v) is 15.3. The smallest absolute Gasteiger partial charge is 0.209 e. The van der Waals surface area contributed by atoms with E-state index in [-0.39, 0.29) is 11.5 Å². The van der Waals surface area contributed by atoms with Crippen molar-refractivity contribution in [1.82, 2.24) is 34.5 Å². The summed E-state index contributed by atoms with van der Waals surface area (Å²) in [6, 6.07) is 4.62. The van der Waals surface area contributed by atoms with Crippen molar-refractivity contribution in [3.05, 3.63) is 28.0 Å². The highest BCUT2D eigenvalue weighted by Gasteiger charge is 2.48. The van der Waals surface area contributed by atoms with Crippen LogP contribution in [0.15, 0.2) is 17.2 Å². The highest BCUT2D eigenvalue weighted by atomic mass is 35.5. The number of nitrogens with one attached hydrogen (secondary N) is 2. The van der Waals surface area contributed by atoms with E-state index in [1.807, 2.05) is 9.30 Å². The van der Waals surface area contributed by atoms with E-state index in [1.165, 1.54) is 43.7 Å². The van der Waals surface area contributed by atoms with Crippen molar-refractivity contribution < 1.29 is 4.79 Å². The molecule has 0 bridgehead atoms. The molecule has 2 aliphatic carbocycles. The number of hydrogen-bond acceptors (Lipinski definition) is 9. The van der Waals surface area contributed by atoms with Crippen LogP contribution in [0.3, 0.4) is 0 Å². The van der Waals surface area contributed by atoms with Crippen molar-refractivity contribution in [2.75, 3.05) is 26.2 Å². The maximum atomic E-state index is 11.2. The van der Waals surface area contributed by atoms with Crippen molar-refractivity contribution >= 4 is 46.8 Å². The minimum Gasteiger partial charge on any atom is -0.345 e. The van der Waals surface area contributed by atoms with Crippen LogP contribution in [0.4, 0.5) is 0 Å². The van der Waals surface area contributed by atoms with Gasteiger partial charge in [0.05, 0.1) is 11.6 Å². The van der Waals surface area contributed by atoms with Crippen LogP contribution >= 0.6 is 34.9 Å². The number of hydrogen-bond donors (Lipinski definition) is 2. The minimum atomic E-state index is -0.477. The Hall–Kier alpha value is -2.23. The van der Waals surface area contributed by atoms with Gasteiger partial charge < -0.3 is 10.2 Å². The first kappa shape index (κ1) is 26.0. The highest BCUT2D eigenvalue weighted by molar-refractivity contribution is 7.97. The van der Waals surface area contributed by atoms with Crippen molar-refractivity contribution in [2.45, 2.75) is 73.6 Å². The van der Waals surface area contributed by atoms with Crippen LogP contribution < -0.4 is 10.0 Å². The predicted molar refractivity (Wildman–Crippen MR) is 149 cm³/mol. The Bertz CT molecular complexity index is 1370. The summed E-state index contributed by atoms with van der Waals surface area (Å²) in [7, 11) is 0. The number of carbonyl (C=O) groups is 1. The molecule has 2 saturated heterocycles. The van der Waals surface area contributed by atoms with Gasteiger partial charge in [-0.2, -0.15) is 5.26 Å². The normalized spacial score (nSPS) is 21.2. The number of rotatable bonds is 7. The average molecular weight is 571 g/mol. The lowest BCUT2D eigenvalue weighted by atomic mass is 9.89. The van der Waals surface area contributed by atoms with Gasteiger partial charge in [-0.3, -0.25) is 13.9 Å². The van der Waals surface area contributed by atoms with Crippen LogP contribution in [0.2, 0.25) is 5.15 Å². The summed E-state index contributed by atoms with van der Waals surface area (Å²) < 4.78 is 5.64. The van der Waals surface area contributed by atoms with Crippen molar-refractivity contribution in [1.29, 1.82) is 5.26 Å². The third-order valence-corrected chi connectivity index (χ3v) is 10.4. The Labute approximate surface area is 235 Å². The maximum absolute atomic E-state index is 11.2. The quantitative estimate of drug-likeness (QED) is 0.315. The molecule has 2 saturated carbocycles. The number of nitrogens with zero attached hydrogens (tertiary/aromatic N) is 6. The Morgan fingerprint density at radius 2 is 1.97 bits per heavy atom. The van der Waals surface area contributed by atoms with E-state index in [4.69, 9.17) is 16.6 Å². The fourth-order valence-corrected chi connectivity index (χ4v) is 6.88. The van der Waals surface area contributed by atoms with Gasteiger partial charge in [0.1, 0.15) is 10.4 Å². The van der Waals surface area contributed by atoms with Gasteiger partial charge in [-0.25, -0.2) is 4.98 Å². The summed E-state index contributed by atoms with van der Waals surface area (Å²) in [5.74, 6) is 0.945. The van der Waals surface area contributed by atoms with Crippen LogP contribution in [0, 0.1) is 11.3 Å². The van der Waals surface area contributed by atoms with Crippen LogP contribution in [0.1, 0.15) is 68.4 Å². The number of likely N-dealkylation sites (tertiary alicyclic amines) is 1. The van der Waals surface area contributed by atoms with Gasteiger partial charge in [-0.1, -0.05) is 22.9 Å². The first-order valence-electron chi connectivity index (χ1n) is 13.2. The highest BCUT2D eigenvalue weighted by Crippen LogP contribution is 2.49. The van der Waals surface area contributed by atoms with Gasteiger partial charge in [0.25, 0.3) is 0 Å². The Kier molecular flexibility index (Phi) is 7.12. The molecule has 7 rings (SSSR count). The summed E-state index contributed by atoms with van der Waals surface area (Å²) in [4.78, 5) is 18.8. The van der Waals surface area contributed by atoms with Crippen LogP contribution in [0.25, 0.3) is 16.3 Å². The molecule has 0 unspecified atom stereocenters. The molecule has 0 aromatic carbocycles. The topological polar surface area (TPSA) is 111 Å². The van der Waals surface area contributed by atoms with E-state index in [0.717, 1.165) is 66.2 Å². The van der Waals surface area contributed by atoms with Crippen LogP contribution in [0.5, 0.6) is 0 Å². The molecule has 12 heteroatoms. The van der Waals surface area contributed by atoms with Gasteiger partial charge in [-0.15, -0.1) is 10.2 Å². The Balaban J connectivity index is 0.000000606. The van der Waals surface area contributed by atoms with E-state index in [2.05, 4.69) is 45.5 Å². The summed E-state index contributed by atoms with van der Waals surface area (Å²) in [5, 5.41) is 23.3. The number of imidazole rings is 1. The number of carbonyl (C=O) groups excluding carboxylic acids is 1. The molecule has 2 aliphatic heterocycles. The second-order valence-electron chi connectivity index (χ2n) is 11.0. The average Bonchev–Trinajstić information content (AvgIpc) is 3.77. The Morgan fingerprint density at radius 3 is 2.55 bits per heavy atom. The molecule has 3 aromatic heterocycles. The molecular weight excluding hydrogens is 540 g/mol. The SMILES string of the molecule is C1CNC1.CC1(NSc2cc(C3CCN(C=O)CC3)c3c(Cl)nc(-c4nnc(C5(C#N)CC5)s4)n3c2)CC1.